The Morgan fingerprint density at radius 3 is 2.32 bits per heavy atom. The number of amides is 2. The van der Waals surface area contributed by atoms with Gasteiger partial charge in [-0.25, -0.2) is 0 Å². The van der Waals surface area contributed by atoms with Crippen molar-refractivity contribution in [2.75, 3.05) is 38.7 Å². The van der Waals surface area contributed by atoms with Gasteiger partial charge in [-0.15, -0.1) is 0 Å². The molecule has 0 unspecified atom stereocenters. The average molecular weight is 493 g/mol. The van der Waals surface area contributed by atoms with Crippen molar-refractivity contribution in [2.45, 2.75) is 26.7 Å². The topological polar surface area (TPSA) is 77.1 Å². The molecule has 2 amide bonds. The van der Waals surface area contributed by atoms with Crippen LogP contribution in [0.1, 0.15) is 26.7 Å². The van der Waals surface area contributed by atoms with E-state index < -0.39 is 0 Å². The zero-order valence-corrected chi connectivity index (χ0v) is 19.7. The van der Waals surface area contributed by atoms with Crippen LogP contribution in [0.3, 0.4) is 0 Å². The van der Waals surface area contributed by atoms with Gasteiger partial charge in [0.05, 0.1) is 26.4 Å². The number of anilines is 1. The van der Waals surface area contributed by atoms with Gasteiger partial charge in [-0.1, -0.05) is 15.9 Å². The number of halogens is 1. The highest BCUT2D eigenvalue weighted by atomic mass is 79.9. The molecule has 0 aliphatic rings. The largest absolute Gasteiger partial charge is 0.494 e. The third-order valence-corrected chi connectivity index (χ3v) is 4.78. The maximum absolute atomic E-state index is 12.3. The van der Waals surface area contributed by atoms with Crippen LogP contribution in [-0.4, -0.2) is 50.1 Å². The van der Waals surface area contributed by atoms with Crippen LogP contribution >= 0.6 is 15.9 Å². The van der Waals surface area contributed by atoms with Crippen LogP contribution in [0.25, 0.3) is 0 Å². The lowest BCUT2D eigenvalue weighted by molar-refractivity contribution is -0.133. The zero-order valence-electron chi connectivity index (χ0n) is 18.2. The van der Waals surface area contributed by atoms with E-state index >= 15 is 0 Å². The Morgan fingerprint density at radius 2 is 1.65 bits per heavy atom. The molecule has 0 aliphatic carbocycles. The van der Waals surface area contributed by atoms with Crippen molar-refractivity contribution < 1.29 is 23.8 Å². The Kier molecular flexibility index (Phi) is 10.2. The van der Waals surface area contributed by atoms with Gasteiger partial charge in [0.1, 0.15) is 5.75 Å². The van der Waals surface area contributed by atoms with Gasteiger partial charge in [-0.2, -0.15) is 0 Å². The number of rotatable bonds is 12. The van der Waals surface area contributed by atoms with Gasteiger partial charge >= 0.3 is 0 Å². The van der Waals surface area contributed by atoms with Crippen molar-refractivity contribution in [3.8, 4) is 17.2 Å². The van der Waals surface area contributed by atoms with Gasteiger partial charge in [0.25, 0.3) is 0 Å². The number of nitrogens with one attached hydrogen (secondary N) is 1. The fourth-order valence-electron chi connectivity index (χ4n) is 2.77. The number of carbonyl (C=O) groups excluding carboxylic acids is 2. The molecule has 0 aliphatic heterocycles. The van der Waals surface area contributed by atoms with Crippen LogP contribution in [0.15, 0.2) is 46.9 Å². The van der Waals surface area contributed by atoms with E-state index in [0.717, 1.165) is 10.2 Å². The van der Waals surface area contributed by atoms with Gasteiger partial charge in [0.2, 0.25) is 11.8 Å². The summed E-state index contributed by atoms with van der Waals surface area (Å²) >= 11 is 3.37. The Hall–Kier alpha value is -2.74. The molecule has 2 aromatic carbocycles. The third kappa shape index (κ3) is 8.49. The molecule has 168 valence electrons. The number of ether oxygens (including phenoxy) is 3. The Labute approximate surface area is 191 Å². The average Bonchev–Trinajstić information content (AvgIpc) is 2.74. The number of hydrogen-bond donors (Lipinski definition) is 1. The summed E-state index contributed by atoms with van der Waals surface area (Å²) in [5.41, 5.74) is 0.584. The standard InChI is InChI=1S/C23H29BrN2O5/c1-4-29-20-13-10-18(15-21(20)30-5-2)25-22(27)16-26(3)23(28)7-6-14-31-19-11-8-17(24)9-12-19/h8-13,15H,4-7,14,16H2,1-3H3,(H,25,27). The summed E-state index contributed by atoms with van der Waals surface area (Å²) in [6.07, 6.45) is 0.870. The van der Waals surface area contributed by atoms with Crippen molar-refractivity contribution in [3.05, 3.63) is 46.9 Å². The van der Waals surface area contributed by atoms with E-state index in [1.165, 1.54) is 4.90 Å². The molecule has 2 rings (SSSR count). The molecule has 7 nitrogen and oxygen atoms in total. The molecule has 0 heterocycles. The van der Waals surface area contributed by atoms with Crippen LogP contribution in [0.4, 0.5) is 5.69 Å². The molecule has 2 aromatic rings. The number of likely N-dealkylation sites (N-methyl/N-ethyl adjacent to an activating group) is 1. The molecule has 0 aromatic heterocycles. The number of hydrogen-bond acceptors (Lipinski definition) is 5. The summed E-state index contributed by atoms with van der Waals surface area (Å²) in [6.45, 7) is 5.17. The predicted octanol–water partition coefficient (Wildman–Crippen LogP) is 4.50. The Balaban J connectivity index is 1.77. The maximum atomic E-state index is 12.3. The van der Waals surface area contributed by atoms with Crippen molar-refractivity contribution in [1.29, 1.82) is 0 Å². The second-order valence-electron chi connectivity index (χ2n) is 6.73. The molecule has 0 fully saturated rings. The zero-order chi connectivity index (χ0) is 22.6. The molecular weight excluding hydrogens is 464 g/mol. The quantitative estimate of drug-likeness (QED) is 0.441. The molecule has 0 saturated heterocycles. The van der Waals surface area contributed by atoms with Gasteiger partial charge in [-0.05, 0) is 56.7 Å². The molecule has 0 bridgehead atoms. The maximum Gasteiger partial charge on any atom is 0.243 e. The molecule has 1 N–H and O–H groups in total. The highest BCUT2D eigenvalue weighted by Crippen LogP contribution is 2.30. The van der Waals surface area contributed by atoms with E-state index in [1.807, 2.05) is 38.1 Å². The van der Waals surface area contributed by atoms with E-state index in [1.54, 1.807) is 25.2 Å². The smallest absolute Gasteiger partial charge is 0.243 e. The first-order valence-electron chi connectivity index (χ1n) is 10.2. The van der Waals surface area contributed by atoms with Gasteiger partial charge in [0, 0.05) is 29.7 Å². The second-order valence-corrected chi connectivity index (χ2v) is 7.65. The Morgan fingerprint density at radius 1 is 0.968 bits per heavy atom. The minimum atomic E-state index is -0.284. The summed E-state index contributed by atoms with van der Waals surface area (Å²) in [5, 5.41) is 2.79. The number of carbonyl (C=O) groups is 2. The fraction of sp³-hybridized carbons (Fsp3) is 0.391. The van der Waals surface area contributed by atoms with Crippen LogP contribution in [0, 0.1) is 0 Å². The molecule has 0 spiro atoms. The monoisotopic (exact) mass is 492 g/mol. The highest BCUT2D eigenvalue weighted by Gasteiger charge is 2.14. The normalized spacial score (nSPS) is 10.3. The van der Waals surface area contributed by atoms with E-state index in [2.05, 4.69) is 21.2 Å². The van der Waals surface area contributed by atoms with E-state index in [4.69, 9.17) is 14.2 Å². The molecule has 0 atom stereocenters. The summed E-state index contributed by atoms with van der Waals surface area (Å²) in [7, 11) is 1.61. The van der Waals surface area contributed by atoms with Crippen LogP contribution in [-0.2, 0) is 9.59 Å². The van der Waals surface area contributed by atoms with Crippen molar-refractivity contribution in [1.82, 2.24) is 4.90 Å². The second kappa shape index (κ2) is 12.8. The lowest BCUT2D eigenvalue weighted by Crippen LogP contribution is -2.35. The number of nitrogens with zero attached hydrogens (tertiary/aromatic N) is 1. The van der Waals surface area contributed by atoms with Crippen LogP contribution in [0.5, 0.6) is 17.2 Å². The fourth-order valence-corrected chi connectivity index (χ4v) is 3.03. The van der Waals surface area contributed by atoms with Crippen LogP contribution in [0.2, 0.25) is 0 Å². The van der Waals surface area contributed by atoms with E-state index in [9.17, 15) is 9.59 Å². The van der Waals surface area contributed by atoms with Gasteiger partial charge < -0.3 is 24.4 Å². The molecule has 8 heteroatoms. The van der Waals surface area contributed by atoms with Crippen molar-refractivity contribution in [2.24, 2.45) is 0 Å². The van der Waals surface area contributed by atoms with Crippen molar-refractivity contribution >= 4 is 33.4 Å². The van der Waals surface area contributed by atoms with Crippen LogP contribution < -0.4 is 19.5 Å². The lowest BCUT2D eigenvalue weighted by Gasteiger charge is -2.17. The Bertz CT molecular complexity index is 858. The lowest BCUT2D eigenvalue weighted by atomic mass is 10.2. The first kappa shape index (κ1) is 24.5. The highest BCUT2D eigenvalue weighted by molar-refractivity contribution is 9.10. The molecule has 0 saturated carbocycles. The summed E-state index contributed by atoms with van der Waals surface area (Å²) in [6, 6.07) is 12.7. The summed E-state index contributed by atoms with van der Waals surface area (Å²) in [4.78, 5) is 26.0. The molecular formula is C23H29BrN2O5. The summed E-state index contributed by atoms with van der Waals surface area (Å²) < 4.78 is 17.7. The predicted molar refractivity (Wildman–Crippen MR) is 124 cm³/mol. The van der Waals surface area contributed by atoms with E-state index in [0.29, 0.717) is 49.8 Å². The number of benzene rings is 2. The first-order valence-corrected chi connectivity index (χ1v) is 11.0. The SMILES string of the molecule is CCOc1ccc(NC(=O)CN(C)C(=O)CCCOc2ccc(Br)cc2)cc1OCC. The minimum absolute atomic E-state index is 0.0381. The third-order valence-electron chi connectivity index (χ3n) is 4.25. The molecule has 31 heavy (non-hydrogen) atoms. The van der Waals surface area contributed by atoms with E-state index in [-0.39, 0.29) is 18.4 Å². The van der Waals surface area contributed by atoms with Crippen molar-refractivity contribution in [3.63, 3.8) is 0 Å². The van der Waals surface area contributed by atoms with Gasteiger partial charge in [0.15, 0.2) is 11.5 Å². The summed E-state index contributed by atoms with van der Waals surface area (Å²) in [5.74, 6) is 1.55. The molecule has 0 radical (unpaired) electrons. The van der Waals surface area contributed by atoms with Gasteiger partial charge in [-0.3, -0.25) is 9.59 Å². The first-order chi connectivity index (χ1) is 14.9. The minimum Gasteiger partial charge on any atom is -0.494 e.